The molecule has 0 aliphatic carbocycles. The van der Waals surface area contributed by atoms with Gasteiger partial charge in [-0.1, -0.05) is 32.0 Å². The first-order valence-electron chi connectivity index (χ1n) is 5.20. The highest BCUT2D eigenvalue weighted by molar-refractivity contribution is 5.85. The van der Waals surface area contributed by atoms with Crippen LogP contribution in [0.25, 0.3) is 10.9 Å². The number of nitrogens with two attached hydrogens (primary N) is 1. The van der Waals surface area contributed by atoms with Crippen molar-refractivity contribution < 1.29 is 0 Å². The van der Waals surface area contributed by atoms with Gasteiger partial charge in [0.25, 0.3) is 0 Å². The average molecular weight is 203 g/mol. The van der Waals surface area contributed by atoms with Crippen LogP contribution in [-0.4, -0.2) is 16.7 Å². The Bertz CT molecular complexity index is 483. The summed E-state index contributed by atoms with van der Waals surface area (Å²) in [6.45, 7) is 6.95. The van der Waals surface area contributed by atoms with Gasteiger partial charge in [-0.05, 0) is 12.5 Å². The quantitative estimate of drug-likeness (QED) is 0.785. The van der Waals surface area contributed by atoms with Gasteiger partial charge in [0.1, 0.15) is 0 Å². The summed E-state index contributed by atoms with van der Waals surface area (Å²) in [5.74, 6) is 0. The summed E-state index contributed by atoms with van der Waals surface area (Å²) in [5, 5.41) is 8.56. The lowest BCUT2D eigenvalue weighted by Crippen LogP contribution is -2.28. The molecule has 0 fully saturated rings. The molecule has 80 valence electrons. The zero-order valence-electron chi connectivity index (χ0n) is 9.46. The zero-order valence-corrected chi connectivity index (χ0v) is 9.46. The van der Waals surface area contributed by atoms with E-state index in [-0.39, 0.29) is 5.41 Å². The van der Waals surface area contributed by atoms with E-state index in [1.165, 1.54) is 10.9 Å². The molecule has 0 amide bonds. The second-order valence-electron chi connectivity index (χ2n) is 4.64. The van der Waals surface area contributed by atoms with E-state index in [9.17, 15) is 0 Å². The second kappa shape index (κ2) is 3.35. The number of H-pyrrole nitrogens is 1. The molecule has 3 nitrogen and oxygen atoms in total. The molecule has 0 aliphatic rings. The third kappa shape index (κ3) is 1.53. The Balaban J connectivity index is 2.71. The van der Waals surface area contributed by atoms with Gasteiger partial charge in [-0.15, -0.1) is 0 Å². The number of benzene rings is 1. The van der Waals surface area contributed by atoms with Gasteiger partial charge in [-0.3, -0.25) is 5.10 Å². The monoisotopic (exact) mass is 203 g/mol. The Hall–Kier alpha value is -1.35. The van der Waals surface area contributed by atoms with Gasteiger partial charge in [-0.2, -0.15) is 5.10 Å². The van der Waals surface area contributed by atoms with Gasteiger partial charge in [-0.25, -0.2) is 0 Å². The molecule has 3 N–H and O–H groups in total. The fourth-order valence-electron chi connectivity index (χ4n) is 1.82. The van der Waals surface area contributed by atoms with Gasteiger partial charge >= 0.3 is 0 Å². The standard InChI is InChI=1S/C12H17N3/c1-8-9-5-4-6-10(11(9)15-14-8)12(2,3)7-13/h4-6H,7,13H2,1-3H3,(H,14,15). The minimum atomic E-state index is -0.0266. The molecule has 2 rings (SSSR count). The molecule has 0 spiro atoms. The van der Waals surface area contributed by atoms with Crippen molar-refractivity contribution in [1.82, 2.24) is 10.2 Å². The van der Waals surface area contributed by atoms with Crippen LogP contribution >= 0.6 is 0 Å². The van der Waals surface area contributed by atoms with E-state index < -0.39 is 0 Å². The largest absolute Gasteiger partial charge is 0.330 e. The number of rotatable bonds is 2. The molecule has 1 aromatic carbocycles. The molecule has 0 radical (unpaired) electrons. The van der Waals surface area contributed by atoms with Crippen LogP contribution in [0.15, 0.2) is 18.2 Å². The maximum absolute atomic E-state index is 5.80. The van der Waals surface area contributed by atoms with Crippen LogP contribution < -0.4 is 5.73 Å². The molecule has 0 aliphatic heterocycles. The molecule has 1 heterocycles. The van der Waals surface area contributed by atoms with Crippen molar-refractivity contribution in [3.05, 3.63) is 29.5 Å². The van der Waals surface area contributed by atoms with Crippen LogP contribution in [-0.2, 0) is 5.41 Å². The number of nitrogens with one attached hydrogen (secondary N) is 1. The van der Waals surface area contributed by atoms with Crippen LogP contribution in [0.2, 0.25) is 0 Å². The molecular weight excluding hydrogens is 186 g/mol. The Kier molecular flexibility index (Phi) is 2.27. The van der Waals surface area contributed by atoms with E-state index in [0.717, 1.165) is 11.2 Å². The summed E-state index contributed by atoms with van der Waals surface area (Å²) in [6.07, 6.45) is 0. The first-order valence-corrected chi connectivity index (χ1v) is 5.20. The maximum atomic E-state index is 5.80. The maximum Gasteiger partial charge on any atom is 0.0961 e. The normalized spacial score (nSPS) is 12.3. The molecule has 0 saturated carbocycles. The van der Waals surface area contributed by atoms with Crippen molar-refractivity contribution in [3.63, 3.8) is 0 Å². The Morgan fingerprint density at radius 2 is 2.13 bits per heavy atom. The fraction of sp³-hybridized carbons (Fsp3) is 0.417. The Labute approximate surface area is 89.7 Å². The van der Waals surface area contributed by atoms with Gasteiger partial charge in [0, 0.05) is 23.0 Å². The predicted octanol–water partition coefficient (Wildman–Crippen LogP) is 2.11. The van der Waals surface area contributed by atoms with Crippen molar-refractivity contribution in [3.8, 4) is 0 Å². The van der Waals surface area contributed by atoms with Gasteiger partial charge in [0.05, 0.1) is 5.52 Å². The molecule has 15 heavy (non-hydrogen) atoms. The first-order chi connectivity index (χ1) is 7.06. The zero-order chi connectivity index (χ0) is 11.1. The highest BCUT2D eigenvalue weighted by Crippen LogP contribution is 2.29. The Morgan fingerprint density at radius 3 is 2.80 bits per heavy atom. The molecular formula is C12H17N3. The summed E-state index contributed by atoms with van der Waals surface area (Å²) < 4.78 is 0. The van der Waals surface area contributed by atoms with Gasteiger partial charge < -0.3 is 5.73 Å². The van der Waals surface area contributed by atoms with E-state index in [1.54, 1.807) is 0 Å². The topological polar surface area (TPSA) is 54.7 Å². The van der Waals surface area contributed by atoms with Crippen molar-refractivity contribution in [2.45, 2.75) is 26.2 Å². The van der Waals surface area contributed by atoms with E-state index in [2.05, 4.69) is 42.2 Å². The number of fused-ring (bicyclic) bond motifs is 1. The molecule has 0 saturated heterocycles. The number of para-hydroxylation sites is 1. The number of aromatic amines is 1. The predicted molar refractivity (Wildman–Crippen MR) is 62.9 cm³/mol. The molecule has 1 aromatic heterocycles. The smallest absolute Gasteiger partial charge is 0.0961 e. The minimum absolute atomic E-state index is 0.0266. The van der Waals surface area contributed by atoms with Crippen LogP contribution in [0.5, 0.6) is 0 Å². The third-order valence-corrected chi connectivity index (χ3v) is 3.01. The van der Waals surface area contributed by atoms with E-state index in [4.69, 9.17) is 5.73 Å². The van der Waals surface area contributed by atoms with E-state index in [0.29, 0.717) is 6.54 Å². The highest BCUT2D eigenvalue weighted by Gasteiger charge is 2.22. The highest BCUT2D eigenvalue weighted by atomic mass is 15.1. The lowest BCUT2D eigenvalue weighted by Gasteiger charge is -2.23. The number of nitrogens with zero attached hydrogens (tertiary/aromatic N) is 1. The van der Waals surface area contributed by atoms with Crippen molar-refractivity contribution in [2.75, 3.05) is 6.54 Å². The lowest BCUT2D eigenvalue weighted by atomic mass is 9.83. The van der Waals surface area contributed by atoms with Crippen LogP contribution in [0.4, 0.5) is 0 Å². The van der Waals surface area contributed by atoms with Crippen LogP contribution in [0.1, 0.15) is 25.1 Å². The molecule has 0 atom stereocenters. The summed E-state index contributed by atoms with van der Waals surface area (Å²) >= 11 is 0. The SMILES string of the molecule is Cc1[nH]nc2c(C(C)(C)CN)cccc12. The number of hydrogen-bond acceptors (Lipinski definition) is 2. The molecule has 2 aromatic rings. The Morgan fingerprint density at radius 1 is 1.40 bits per heavy atom. The van der Waals surface area contributed by atoms with Crippen LogP contribution in [0, 0.1) is 6.92 Å². The molecule has 0 bridgehead atoms. The number of hydrogen-bond donors (Lipinski definition) is 2. The van der Waals surface area contributed by atoms with Crippen molar-refractivity contribution in [1.29, 1.82) is 0 Å². The summed E-state index contributed by atoms with van der Waals surface area (Å²) in [6, 6.07) is 6.26. The molecule has 3 heteroatoms. The summed E-state index contributed by atoms with van der Waals surface area (Å²) in [7, 11) is 0. The lowest BCUT2D eigenvalue weighted by molar-refractivity contribution is 0.542. The van der Waals surface area contributed by atoms with Crippen molar-refractivity contribution >= 4 is 10.9 Å². The summed E-state index contributed by atoms with van der Waals surface area (Å²) in [5.41, 5.74) is 9.14. The van der Waals surface area contributed by atoms with Crippen LogP contribution in [0.3, 0.4) is 0 Å². The van der Waals surface area contributed by atoms with E-state index in [1.807, 2.05) is 6.92 Å². The average Bonchev–Trinajstić information content (AvgIpc) is 2.60. The van der Waals surface area contributed by atoms with Gasteiger partial charge in [0.2, 0.25) is 0 Å². The third-order valence-electron chi connectivity index (χ3n) is 3.01. The number of aromatic nitrogens is 2. The number of aryl methyl sites for hydroxylation is 1. The van der Waals surface area contributed by atoms with Gasteiger partial charge in [0.15, 0.2) is 0 Å². The van der Waals surface area contributed by atoms with Crippen molar-refractivity contribution in [2.24, 2.45) is 5.73 Å². The van der Waals surface area contributed by atoms with E-state index >= 15 is 0 Å². The fourth-order valence-corrected chi connectivity index (χ4v) is 1.82. The summed E-state index contributed by atoms with van der Waals surface area (Å²) in [4.78, 5) is 0. The molecule has 0 unspecified atom stereocenters. The minimum Gasteiger partial charge on any atom is -0.330 e. The second-order valence-corrected chi connectivity index (χ2v) is 4.64. The first kappa shape index (κ1) is 10.2.